The molecular weight excluding hydrogens is 204 g/mol. The van der Waals surface area contributed by atoms with Crippen molar-refractivity contribution in [1.82, 2.24) is 15.1 Å². The second-order valence-corrected chi connectivity index (χ2v) is 3.12. The van der Waals surface area contributed by atoms with E-state index in [4.69, 9.17) is 0 Å². The fourth-order valence-corrected chi connectivity index (χ4v) is 1.19. The van der Waals surface area contributed by atoms with Crippen LogP contribution in [-0.4, -0.2) is 22.2 Å². The Labute approximate surface area is 86.3 Å². The SMILES string of the molecule is CCNC(=O)Cn1nc(C(F)F)cc1C. The van der Waals surface area contributed by atoms with Gasteiger partial charge in [0.15, 0.2) is 0 Å². The zero-order valence-corrected chi connectivity index (χ0v) is 8.63. The first kappa shape index (κ1) is 11.6. The quantitative estimate of drug-likeness (QED) is 0.825. The van der Waals surface area contributed by atoms with Crippen LogP contribution in [0.3, 0.4) is 0 Å². The standard InChI is InChI=1S/C9H13F2N3O/c1-3-12-8(15)5-14-6(2)4-7(13-14)9(10)11/h4,9H,3,5H2,1-2H3,(H,12,15). The van der Waals surface area contributed by atoms with Crippen LogP contribution < -0.4 is 5.32 Å². The second-order valence-electron chi connectivity index (χ2n) is 3.12. The number of likely N-dealkylation sites (N-methyl/N-ethyl adjacent to an activating group) is 1. The molecule has 0 saturated carbocycles. The van der Waals surface area contributed by atoms with Crippen molar-refractivity contribution in [3.05, 3.63) is 17.5 Å². The zero-order chi connectivity index (χ0) is 11.4. The van der Waals surface area contributed by atoms with Crippen molar-refractivity contribution < 1.29 is 13.6 Å². The van der Waals surface area contributed by atoms with Crippen LogP contribution in [0.25, 0.3) is 0 Å². The molecule has 0 radical (unpaired) electrons. The van der Waals surface area contributed by atoms with Gasteiger partial charge in [-0.05, 0) is 19.9 Å². The van der Waals surface area contributed by atoms with E-state index in [0.717, 1.165) is 0 Å². The number of carbonyl (C=O) groups excluding carboxylic acids is 1. The Kier molecular flexibility index (Phi) is 3.76. The number of alkyl halides is 2. The van der Waals surface area contributed by atoms with E-state index in [2.05, 4.69) is 10.4 Å². The summed E-state index contributed by atoms with van der Waals surface area (Å²) in [4.78, 5) is 11.2. The maximum absolute atomic E-state index is 12.3. The molecule has 1 heterocycles. The first-order chi connectivity index (χ1) is 7.04. The summed E-state index contributed by atoms with van der Waals surface area (Å²) in [6.07, 6.45) is -2.60. The first-order valence-corrected chi connectivity index (χ1v) is 4.63. The van der Waals surface area contributed by atoms with E-state index in [0.29, 0.717) is 12.2 Å². The lowest BCUT2D eigenvalue weighted by molar-refractivity contribution is -0.121. The molecule has 6 heteroatoms. The maximum atomic E-state index is 12.3. The molecule has 0 aliphatic rings. The summed E-state index contributed by atoms with van der Waals surface area (Å²) in [5.74, 6) is -0.232. The minimum Gasteiger partial charge on any atom is -0.355 e. The Morgan fingerprint density at radius 2 is 2.33 bits per heavy atom. The summed E-state index contributed by atoms with van der Waals surface area (Å²) >= 11 is 0. The van der Waals surface area contributed by atoms with Crippen LogP contribution in [0.2, 0.25) is 0 Å². The molecular formula is C9H13F2N3O. The number of hydrogen-bond donors (Lipinski definition) is 1. The molecule has 1 aromatic heterocycles. The lowest BCUT2D eigenvalue weighted by Crippen LogP contribution is -2.28. The number of halogens is 2. The highest BCUT2D eigenvalue weighted by atomic mass is 19.3. The predicted molar refractivity (Wildman–Crippen MR) is 50.6 cm³/mol. The van der Waals surface area contributed by atoms with Gasteiger partial charge in [0.1, 0.15) is 12.2 Å². The highest BCUT2D eigenvalue weighted by Crippen LogP contribution is 2.17. The monoisotopic (exact) mass is 217 g/mol. The molecule has 84 valence electrons. The largest absolute Gasteiger partial charge is 0.355 e. The molecule has 0 fully saturated rings. The molecule has 4 nitrogen and oxygen atoms in total. The van der Waals surface area contributed by atoms with E-state index >= 15 is 0 Å². The van der Waals surface area contributed by atoms with Gasteiger partial charge in [-0.15, -0.1) is 0 Å². The van der Waals surface area contributed by atoms with Gasteiger partial charge in [0.25, 0.3) is 6.43 Å². The number of carbonyl (C=O) groups is 1. The van der Waals surface area contributed by atoms with E-state index in [1.807, 2.05) is 0 Å². The molecule has 0 atom stereocenters. The number of nitrogens with zero attached hydrogens (tertiary/aromatic N) is 2. The van der Waals surface area contributed by atoms with Crippen LogP contribution in [0.1, 0.15) is 24.7 Å². The van der Waals surface area contributed by atoms with Crippen molar-refractivity contribution in [1.29, 1.82) is 0 Å². The summed E-state index contributed by atoms with van der Waals surface area (Å²) < 4.78 is 25.8. The van der Waals surface area contributed by atoms with Crippen molar-refractivity contribution in [3.63, 3.8) is 0 Å². The Morgan fingerprint density at radius 3 is 2.80 bits per heavy atom. The third-order valence-corrected chi connectivity index (χ3v) is 1.89. The number of aryl methyl sites for hydroxylation is 1. The molecule has 0 saturated heterocycles. The number of rotatable bonds is 4. The highest BCUT2D eigenvalue weighted by Gasteiger charge is 2.14. The molecule has 1 aromatic rings. The van der Waals surface area contributed by atoms with Gasteiger partial charge in [-0.1, -0.05) is 0 Å². The molecule has 0 aliphatic carbocycles. The van der Waals surface area contributed by atoms with E-state index < -0.39 is 6.43 Å². The normalized spacial score (nSPS) is 10.7. The average molecular weight is 217 g/mol. The first-order valence-electron chi connectivity index (χ1n) is 4.63. The average Bonchev–Trinajstić information content (AvgIpc) is 2.48. The van der Waals surface area contributed by atoms with Gasteiger partial charge in [0.2, 0.25) is 5.91 Å². The molecule has 0 spiro atoms. The number of nitrogens with one attached hydrogen (secondary N) is 1. The minimum atomic E-state index is -2.60. The van der Waals surface area contributed by atoms with Crippen LogP contribution in [0.5, 0.6) is 0 Å². The Morgan fingerprint density at radius 1 is 1.67 bits per heavy atom. The Hall–Kier alpha value is -1.46. The number of aromatic nitrogens is 2. The zero-order valence-electron chi connectivity index (χ0n) is 8.63. The van der Waals surface area contributed by atoms with Gasteiger partial charge in [-0.3, -0.25) is 9.48 Å². The molecule has 0 aromatic carbocycles. The maximum Gasteiger partial charge on any atom is 0.282 e. The van der Waals surface area contributed by atoms with Crippen molar-refractivity contribution >= 4 is 5.91 Å². The van der Waals surface area contributed by atoms with Crippen LogP contribution in [-0.2, 0) is 11.3 Å². The molecule has 1 rings (SSSR count). The molecule has 0 unspecified atom stereocenters. The van der Waals surface area contributed by atoms with Crippen LogP contribution >= 0.6 is 0 Å². The van der Waals surface area contributed by atoms with Gasteiger partial charge in [-0.2, -0.15) is 5.10 Å². The van der Waals surface area contributed by atoms with Crippen LogP contribution in [0, 0.1) is 6.92 Å². The summed E-state index contributed by atoms with van der Waals surface area (Å²) in [6, 6.07) is 1.28. The van der Waals surface area contributed by atoms with E-state index in [1.165, 1.54) is 10.7 Å². The third kappa shape index (κ3) is 3.00. The van der Waals surface area contributed by atoms with E-state index in [-0.39, 0.29) is 18.1 Å². The van der Waals surface area contributed by atoms with Gasteiger partial charge in [0.05, 0.1) is 0 Å². The van der Waals surface area contributed by atoms with Gasteiger partial charge in [0, 0.05) is 12.2 Å². The van der Waals surface area contributed by atoms with Crippen molar-refractivity contribution in [3.8, 4) is 0 Å². The Bertz CT molecular complexity index is 349. The van der Waals surface area contributed by atoms with Crippen LogP contribution in [0.15, 0.2) is 6.07 Å². The summed E-state index contributed by atoms with van der Waals surface area (Å²) in [5, 5.41) is 6.21. The van der Waals surface area contributed by atoms with Crippen molar-refractivity contribution in [2.45, 2.75) is 26.8 Å². The Balaban J connectivity index is 2.73. The molecule has 0 bridgehead atoms. The van der Waals surface area contributed by atoms with E-state index in [1.54, 1.807) is 13.8 Å². The summed E-state index contributed by atoms with van der Waals surface area (Å²) in [6.45, 7) is 3.92. The summed E-state index contributed by atoms with van der Waals surface area (Å²) in [5.41, 5.74) is 0.258. The molecule has 15 heavy (non-hydrogen) atoms. The fourth-order valence-electron chi connectivity index (χ4n) is 1.19. The molecule has 1 amide bonds. The number of amides is 1. The van der Waals surface area contributed by atoms with Crippen molar-refractivity contribution in [2.75, 3.05) is 6.54 Å². The topological polar surface area (TPSA) is 46.9 Å². The van der Waals surface area contributed by atoms with Gasteiger partial charge >= 0.3 is 0 Å². The smallest absolute Gasteiger partial charge is 0.282 e. The van der Waals surface area contributed by atoms with Crippen LogP contribution in [0.4, 0.5) is 8.78 Å². The van der Waals surface area contributed by atoms with Gasteiger partial charge in [-0.25, -0.2) is 8.78 Å². The number of hydrogen-bond acceptors (Lipinski definition) is 2. The predicted octanol–water partition coefficient (Wildman–Crippen LogP) is 1.27. The molecule has 0 aliphatic heterocycles. The highest BCUT2D eigenvalue weighted by molar-refractivity contribution is 5.75. The summed E-state index contributed by atoms with van der Waals surface area (Å²) in [7, 11) is 0. The lowest BCUT2D eigenvalue weighted by atomic mass is 10.4. The van der Waals surface area contributed by atoms with E-state index in [9.17, 15) is 13.6 Å². The second kappa shape index (κ2) is 4.86. The lowest BCUT2D eigenvalue weighted by Gasteiger charge is -2.03. The van der Waals surface area contributed by atoms with Crippen molar-refractivity contribution in [2.24, 2.45) is 0 Å². The fraction of sp³-hybridized carbons (Fsp3) is 0.556. The third-order valence-electron chi connectivity index (χ3n) is 1.89. The molecule has 1 N–H and O–H groups in total. The minimum absolute atomic E-state index is 0.0214. The van der Waals surface area contributed by atoms with Gasteiger partial charge < -0.3 is 5.32 Å².